The molecule has 6 nitrogen and oxygen atoms in total. The van der Waals surface area contributed by atoms with Gasteiger partial charge in [0.05, 0.1) is 11.9 Å². The molecule has 1 fully saturated rings. The summed E-state index contributed by atoms with van der Waals surface area (Å²) in [5, 5.41) is 7.76. The van der Waals surface area contributed by atoms with Crippen LogP contribution < -0.4 is 0 Å². The number of aromatic nitrogens is 4. The van der Waals surface area contributed by atoms with Crippen LogP contribution in [-0.2, 0) is 11.3 Å². The van der Waals surface area contributed by atoms with Gasteiger partial charge in [0.1, 0.15) is 0 Å². The molecule has 0 spiro atoms. The van der Waals surface area contributed by atoms with E-state index in [1.807, 2.05) is 44.2 Å². The van der Waals surface area contributed by atoms with Crippen LogP contribution in [0.4, 0.5) is 0 Å². The minimum Gasteiger partial charge on any atom is -0.376 e. The molecule has 8 heteroatoms. The molecule has 0 radical (unpaired) electrons. The molecular weight excluding hydrogens is 452 g/mol. The van der Waals surface area contributed by atoms with Gasteiger partial charge in [-0.2, -0.15) is 0 Å². The lowest BCUT2D eigenvalue weighted by atomic mass is 10.2. The number of hydrogen-bond donors (Lipinski definition) is 1. The molecule has 29 heavy (non-hydrogen) atoms. The number of carbonyl (C=O) groups is 1. The van der Waals surface area contributed by atoms with E-state index in [0.717, 1.165) is 53.0 Å². The number of ketones is 1. The summed E-state index contributed by atoms with van der Waals surface area (Å²) < 4.78 is 8.90. The highest BCUT2D eigenvalue weighted by molar-refractivity contribution is 9.10. The number of hydrogen-bond acceptors (Lipinski definition) is 5. The normalized spacial score (nSPS) is 16.4. The summed E-state index contributed by atoms with van der Waals surface area (Å²) in [6.45, 7) is 5.71. The maximum atomic E-state index is 12.8. The zero-order chi connectivity index (χ0) is 20.4. The van der Waals surface area contributed by atoms with Crippen molar-refractivity contribution in [3.63, 3.8) is 0 Å². The van der Waals surface area contributed by atoms with E-state index in [0.29, 0.717) is 16.7 Å². The van der Waals surface area contributed by atoms with Crippen LogP contribution in [0.1, 0.15) is 34.6 Å². The fourth-order valence-corrected chi connectivity index (χ4v) is 4.80. The van der Waals surface area contributed by atoms with Gasteiger partial charge in [0.25, 0.3) is 0 Å². The van der Waals surface area contributed by atoms with Gasteiger partial charge in [0.15, 0.2) is 11.6 Å². The summed E-state index contributed by atoms with van der Waals surface area (Å²) in [4.78, 5) is 17.3. The minimum absolute atomic E-state index is 0.0916. The van der Waals surface area contributed by atoms with Gasteiger partial charge in [0.2, 0.25) is 5.16 Å². The number of halogens is 1. The van der Waals surface area contributed by atoms with Crippen LogP contribution in [0.2, 0.25) is 0 Å². The Morgan fingerprint density at radius 2 is 2.21 bits per heavy atom. The third-order valence-corrected chi connectivity index (χ3v) is 6.75. The van der Waals surface area contributed by atoms with E-state index in [1.165, 1.54) is 11.8 Å². The van der Waals surface area contributed by atoms with Crippen LogP contribution in [0, 0.1) is 13.8 Å². The maximum absolute atomic E-state index is 12.8. The maximum Gasteiger partial charge on any atom is 0.209 e. The SMILES string of the molecule is Cc1cc(C(=O)CSc2n[nH]c(-c3ccccc3Br)n2)c(C)n1C[C@H]1CCCO1. The molecular formula is C21H23BrN4O2S. The lowest BCUT2D eigenvalue weighted by Crippen LogP contribution is -2.17. The molecule has 1 aliphatic heterocycles. The monoisotopic (exact) mass is 474 g/mol. The number of nitrogens with one attached hydrogen (secondary N) is 1. The summed E-state index contributed by atoms with van der Waals surface area (Å²) in [5.41, 5.74) is 3.82. The van der Waals surface area contributed by atoms with Gasteiger partial charge in [-0.05, 0) is 38.8 Å². The third-order valence-electron chi connectivity index (χ3n) is 5.21. The van der Waals surface area contributed by atoms with Gasteiger partial charge in [-0.1, -0.05) is 45.9 Å². The molecule has 152 valence electrons. The molecule has 0 unspecified atom stereocenters. The number of Topliss-reactive ketones (excluding diaryl/α,β-unsaturated/α-hetero) is 1. The first-order valence-electron chi connectivity index (χ1n) is 9.64. The van der Waals surface area contributed by atoms with Crippen LogP contribution in [0.25, 0.3) is 11.4 Å². The predicted octanol–water partition coefficient (Wildman–Crippen LogP) is 4.81. The van der Waals surface area contributed by atoms with Crippen molar-refractivity contribution < 1.29 is 9.53 Å². The fourth-order valence-electron chi connectivity index (χ4n) is 3.65. The highest BCUT2D eigenvalue weighted by Crippen LogP contribution is 2.27. The van der Waals surface area contributed by atoms with Crippen molar-refractivity contribution in [2.75, 3.05) is 12.4 Å². The number of carbonyl (C=O) groups excluding carboxylic acids is 1. The topological polar surface area (TPSA) is 72.8 Å². The first-order chi connectivity index (χ1) is 14.0. The first kappa shape index (κ1) is 20.4. The Labute approximate surface area is 182 Å². The van der Waals surface area contributed by atoms with Gasteiger partial charge in [-0.25, -0.2) is 4.98 Å². The molecule has 0 aliphatic carbocycles. The number of thioether (sulfide) groups is 1. The molecule has 0 saturated carbocycles. The molecule has 1 N–H and O–H groups in total. The second kappa shape index (κ2) is 8.85. The largest absolute Gasteiger partial charge is 0.376 e. The number of nitrogens with zero attached hydrogens (tertiary/aromatic N) is 3. The number of H-pyrrole nitrogens is 1. The zero-order valence-electron chi connectivity index (χ0n) is 16.4. The number of rotatable bonds is 7. The van der Waals surface area contributed by atoms with E-state index >= 15 is 0 Å². The zero-order valence-corrected chi connectivity index (χ0v) is 18.8. The van der Waals surface area contributed by atoms with Crippen molar-refractivity contribution in [3.05, 3.63) is 51.8 Å². The van der Waals surface area contributed by atoms with Crippen LogP contribution in [0.5, 0.6) is 0 Å². The third kappa shape index (κ3) is 4.49. The van der Waals surface area contributed by atoms with Crippen molar-refractivity contribution in [2.45, 2.75) is 44.5 Å². The van der Waals surface area contributed by atoms with Crippen molar-refractivity contribution in [1.29, 1.82) is 0 Å². The van der Waals surface area contributed by atoms with Crippen molar-refractivity contribution >= 4 is 33.5 Å². The number of aryl methyl sites for hydroxylation is 1. The Hall–Kier alpha value is -1.90. The highest BCUT2D eigenvalue weighted by atomic mass is 79.9. The Kier molecular flexibility index (Phi) is 6.22. The van der Waals surface area contributed by atoms with Gasteiger partial charge < -0.3 is 9.30 Å². The Morgan fingerprint density at radius 1 is 1.38 bits per heavy atom. The van der Waals surface area contributed by atoms with Crippen molar-refractivity contribution in [2.24, 2.45) is 0 Å². The second-order valence-corrected chi connectivity index (χ2v) is 8.99. The van der Waals surface area contributed by atoms with Gasteiger partial charge in [-0.3, -0.25) is 9.89 Å². The number of aromatic amines is 1. The average molecular weight is 475 g/mol. The summed E-state index contributed by atoms with van der Waals surface area (Å²) in [6, 6.07) is 9.81. The highest BCUT2D eigenvalue weighted by Gasteiger charge is 2.21. The second-order valence-electron chi connectivity index (χ2n) is 7.19. The molecule has 2 aromatic heterocycles. The van der Waals surface area contributed by atoms with Crippen LogP contribution in [0.3, 0.4) is 0 Å². The Bertz CT molecular complexity index is 1020. The molecule has 4 rings (SSSR count). The van der Waals surface area contributed by atoms with Crippen molar-refractivity contribution in [3.8, 4) is 11.4 Å². The molecule has 1 atom stereocenters. The molecule has 0 bridgehead atoms. The summed E-state index contributed by atoms with van der Waals surface area (Å²) in [7, 11) is 0. The van der Waals surface area contributed by atoms with E-state index < -0.39 is 0 Å². The number of ether oxygens (including phenoxy) is 1. The fraction of sp³-hybridized carbons (Fsp3) is 0.381. The average Bonchev–Trinajstić information content (AvgIpc) is 3.44. The van der Waals surface area contributed by atoms with E-state index in [9.17, 15) is 4.79 Å². The summed E-state index contributed by atoms with van der Waals surface area (Å²) in [6.07, 6.45) is 2.45. The van der Waals surface area contributed by atoms with Crippen LogP contribution >= 0.6 is 27.7 Å². The Balaban J connectivity index is 1.42. The van der Waals surface area contributed by atoms with Crippen LogP contribution in [0.15, 0.2) is 40.0 Å². The lowest BCUT2D eigenvalue weighted by Gasteiger charge is -2.14. The summed E-state index contributed by atoms with van der Waals surface area (Å²) in [5.74, 6) is 1.08. The standard InChI is InChI=1S/C21H23BrN4O2S/c1-13-10-17(14(2)26(13)11-15-6-5-9-28-15)19(27)12-29-21-23-20(24-25-21)16-7-3-4-8-18(16)22/h3-4,7-8,10,15H,5-6,9,11-12H2,1-2H3,(H,23,24,25)/t15-/m1/s1. The van der Waals surface area contributed by atoms with Gasteiger partial charge in [0, 0.05) is 40.1 Å². The molecule has 1 aliphatic rings. The minimum atomic E-state index is 0.0916. The molecule has 0 amide bonds. The smallest absolute Gasteiger partial charge is 0.209 e. The number of benzene rings is 1. The summed E-state index contributed by atoms with van der Waals surface area (Å²) >= 11 is 4.87. The molecule has 3 heterocycles. The van der Waals surface area contributed by atoms with Gasteiger partial charge in [-0.15, -0.1) is 5.10 Å². The molecule has 1 aromatic carbocycles. The van der Waals surface area contributed by atoms with E-state index in [-0.39, 0.29) is 11.9 Å². The van der Waals surface area contributed by atoms with Crippen molar-refractivity contribution in [1.82, 2.24) is 19.7 Å². The predicted molar refractivity (Wildman–Crippen MR) is 117 cm³/mol. The molecule has 1 saturated heterocycles. The van der Waals surface area contributed by atoms with Gasteiger partial charge >= 0.3 is 0 Å². The molecule has 3 aromatic rings. The van der Waals surface area contributed by atoms with E-state index in [4.69, 9.17) is 4.74 Å². The first-order valence-corrected chi connectivity index (χ1v) is 11.4. The van der Waals surface area contributed by atoms with Crippen LogP contribution in [-0.4, -0.2) is 44.0 Å². The van der Waals surface area contributed by atoms with E-state index in [1.54, 1.807) is 0 Å². The lowest BCUT2D eigenvalue weighted by molar-refractivity contribution is 0.0957. The Morgan fingerprint density at radius 3 is 2.97 bits per heavy atom. The quantitative estimate of drug-likeness (QED) is 0.392. The van der Waals surface area contributed by atoms with E-state index in [2.05, 4.69) is 35.7 Å².